The van der Waals surface area contributed by atoms with Crippen molar-refractivity contribution in [3.63, 3.8) is 0 Å². The van der Waals surface area contributed by atoms with Crippen LogP contribution in [0.15, 0.2) is 0 Å². The van der Waals surface area contributed by atoms with Gasteiger partial charge in [-0.2, -0.15) is 0 Å². The summed E-state index contributed by atoms with van der Waals surface area (Å²) in [5.41, 5.74) is 1.87. The van der Waals surface area contributed by atoms with Crippen molar-refractivity contribution in [3.8, 4) is 0 Å². The summed E-state index contributed by atoms with van der Waals surface area (Å²) in [6, 6.07) is 0. The van der Waals surface area contributed by atoms with Crippen molar-refractivity contribution in [2.24, 2.45) is 0 Å². The Hall–Kier alpha value is -2.19. The molecule has 0 bridgehead atoms. The van der Waals surface area contributed by atoms with Crippen LogP contribution in [0.1, 0.15) is 71.1 Å². The van der Waals surface area contributed by atoms with Gasteiger partial charge in [0.1, 0.15) is 5.69 Å². The number of morpholine rings is 1. The Kier molecular flexibility index (Phi) is 7.31. The average Bonchev–Trinajstić information content (AvgIpc) is 3.06. The van der Waals surface area contributed by atoms with Crippen molar-refractivity contribution in [2.45, 2.75) is 58.4 Å². The summed E-state index contributed by atoms with van der Waals surface area (Å²) < 4.78 is 10.7. The van der Waals surface area contributed by atoms with Gasteiger partial charge in [0.05, 0.1) is 13.2 Å². The molecule has 1 amide bonds. The van der Waals surface area contributed by atoms with Crippen molar-refractivity contribution in [3.05, 3.63) is 22.5 Å². The average molecular weight is 420 g/mol. The molecule has 2 heterocycles. The fourth-order valence-corrected chi connectivity index (χ4v) is 4.85. The first-order chi connectivity index (χ1) is 14.3. The lowest BCUT2D eigenvalue weighted by molar-refractivity contribution is -0.125. The Morgan fingerprint density at radius 2 is 1.80 bits per heavy atom. The molecule has 30 heavy (non-hydrogen) atoms. The third-order valence-electron chi connectivity index (χ3n) is 6.41. The summed E-state index contributed by atoms with van der Waals surface area (Å²) >= 11 is 0. The molecule has 3 rings (SSSR count). The number of amides is 1. The molecule has 2 N–H and O–H groups in total. The Morgan fingerprint density at radius 3 is 2.40 bits per heavy atom. The Morgan fingerprint density at radius 1 is 1.13 bits per heavy atom. The van der Waals surface area contributed by atoms with Crippen molar-refractivity contribution in [1.82, 2.24) is 15.2 Å². The highest BCUT2D eigenvalue weighted by atomic mass is 16.5. The van der Waals surface area contributed by atoms with E-state index in [9.17, 15) is 14.4 Å². The van der Waals surface area contributed by atoms with Gasteiger partial charge in [-0.05, 0) is 39.2 Å². The number of esters is 1. The molecule has 2 fully saturated rings. The number of ether oxygens (including phenoxy) is 2. The van der Waals surface area contributed by atoms with Crippen molar-refractivity contribution < 1.29 is 23.9 Å². The van der Waals surface area contributed by atoms with Gasteiger partial charge < -0.3 is 19.8 Å². The summed E-state index contributed by atoms with van der Waals surface area (Å²) in [5, 5.41) is 2.98. The number of hydrogen-bond acceptors (Lipinski definition) is 6. The first kappa shape index (κ1) is 22.5. The molecule has 1 saturated heterocycles. The lowest BCUT2D eigenvalue weighted by Crippen LogP contribution is -2.59. The van der Waals surface area contributed by atoms with Crippen LogP contribution in [0.5, 0.6) is 0 Å². The number of H-pyrrole nitrogens is 1. The van der Waals surface area contributed by atoms with E-state index in [1.54, 1.807) is 13.8 Å². The Labute approximate surface area is 177 Å². The number of Topliss-reactive ketones (excluding diaryl/α,β-unsaturated/α-hetero) is 1. The second-order valence-corrected chi connectivity index (χ2v) is 8.42. The molecule has 8 nitrogen and oxygen atoms in total. The number of nitrogens with one attached hydrogen (secondary N) is 2. The van der Waals surface area contributed by atoms with E-state index in [0.717, 1.165) is 52.0 Å². The molecular weight excluding hydrogens is 386 g/mol. The van der Waals surface area contributed by atoms with Gasteiger partial charge in [0.2, 0.25) is 0 Å². The first-order valence-electron chi connectivity index (χ1n) is 10.8. The van der Waals surface area contributed by atoms with Crippen LogP contribution >= 0.6 is 0 Å². The van der Waals surface area contributed by atoms with E-state index in [1.807, 2.05) is 0 Å². The van der Waals surface area contributed by atoms with Crippen LogP contribution in [0, 0.1) is 13.8 Å². The van der Waals surface area contributed by atoms with E-state index in [-0.39, 0.29) is 29.5 Å². The molecule has 0 radical (unpaired) electrons. The van der Waals surface area contributed by atoms with E-state index in [2.05, 4.69) is 15.2 Å². The molecule has 1 saturated carbocycles. The standard InChI is InChI=1S/C22H33N3O5/c1-15-19(17(3)26)16(2)24-20(15)21(28)30-13-18(27)23-14-22(7-5-4-6-8-22)25-9-11-29-12-10-25/h24H,4-14H2,1-3H3,(H,23,27). The lowest BCUT2D eigenvalue weighted by atomic mass is 9.79. The van der Waals surface area contributed by atoms with Gasteiger partial charge in [-0.3, -0.25) is 14.5 Å². The van der Waals surface area contributed by atoms with Crippen molar-refractivity contribution in [1.29, 1.82) is 0 Å². The van der Waals surface area contributed by atoms with E-state index < -0.39 is 5.97 Å². The number of rotatable bonds is 7. The second kappa shape index (κ2) is 9.75. The minimum Gasteiger partial charge on any atom is -0.451 e. The highest BCUT2D eigenvalue weighted by Gasteiger charge is 2.38. The summed E-state index contributed by atoms with van der Waals surface area (Å²) in [6.07, 6.45) is 5.66. The zero-order valence-electron chi connectivity index (χ0n) is 18.3. The number of hydrogen-bond donors (Lipinski definition) is 2. The Balaban J connectivity index is 1.55. The number of nitrogens with zero attached hydrogens (tertiary/aromatic N) is 1. The Bertz CT molecular complexity index is 789. The number of aromatic nitrogens is 1. The predicted molar refractivity (Wildman–Crippen MR) is 112 cm³/mol. The lowest BCUT2D eigenvalue weighted by Gasteiger charge is -2.48. The van der Waals surface area contributed by atoms with Gasteiger partial charge >= 0.3 is 5.97 Å². The smallest absolute Gasteiger partial charge is 0.355 e. The molecule has 1 aromatic rings. The number of aryl methyl sites for hydroxylation is 1. The van der Waals surface area contributed by atoms with E-state index in [4.69, 9.17) is 9.47 Å². The van der Waals surface area contributed by atoms with E-state index in [1.165, 1.54) is 13.3 Å². The summed E-state index contributed by atoms with van der Waals surface area (Å²) in [4.78, 5) is 41.9. The topological polar surface area (TPSA) is 101 Å². The molecule has 2 aliphatic rings. The summed E-state index contributed by atoms with van der Waals surface area (Å²) in [5.74, 6) is -1.05. The number of carbonyl (C=O) groups is 3. The van der Waals surface area contributed by atoms with Gasteiger partial charge in [-0.25, -0.2) is 4.79 Å². The van der Waals surface area contributed by atoms with Gasteiger partial charge in [0, 0.05) is 36.4 Å². The SMILES string of the molecule is CC(=O)c1c(C)[nH]c(C(=O)OCC(=O)NCC2(N3CCOCC3)CCCCC2)c1C. The number of ketones is 1. The third-order valence-corrected chi connectivity index (χ3v) is 6.41. The monoisotopic (exact) mass is 419 g/mol. The maximum absolute atomic E-state index is 12.4. The zero-order chi connectivity index (χ0) is 21.7. The maximum atomic E-state index is 12.4. The maximum Gasteiger partial charge on any atom is 0.355 e. The van der Waals surface area contributed by atoms with Crippen LogP contribution in [0.3, 0.4) is 0 Å². The van der Waals surface area contributed by atoms with Crippen LogP contribution in [0.2, 0.25) is 0 Å². The minimum absolute atomic E-state index is 0.0365. The quantitative estimate of drug-likeness (QED) is 0.519. The van der Waals surface area contributed by atoms with Crippen molar-refractivity contribution in [2.75, 3.05) is 39.5 Å². The molecule has 0 aromatic carbocycles. The molecule has 0 unspecified atom stereocenters. The molecule has 1 aliphatic heterocycles. The van der Waals surface area contributed by atoms with E-state index in [0.29, 0.717) is 23.4 Å². The summed E-state index contributed by atoms with van der Waals surface area (Å²) in [6.45, 7) is 8.33. The fourth-order valence-electron chi connectivity index (χ4n) is 4.85. The van der Waals surface area contributed by atoms with Crippen molar-refractivity contribution >= 4 is 17.7 Å². The molecule has 8 heteroatoms. The van der Waals surface area contributed by atoms with Crippen LogP contribution < -0.4 is 5.32 Å². The largest absolute Gasteiger partial charge is 0.451 e. The number of aromatic amines is 1. The van der Waals surface area contributed by atoms with Gasteiger partial charge in [-0.15, -0.1) is 0 Å². The van der Waals surface area contributed by atoms with Gasteiger partial charge in [0.25, 0.3) is 5.91 Å². The van der Waals surface area contributed by atoms with Crippen LogP contribution in [-0.2, 0) is 14.3 Å². The molecule has 1 aromatic heterocycles. The highest BCUT2D eigenvalue weighted by molar-refractivity contribution is 6.01. The predicted octanol–water partition coefficient (Wildman–Crippen LogP) is 2.14. The normalized spacial score (nSPS) is 19.3. The molecule has 1 aliphatic carbocycles. The van der Waals surface area contributed by atoms with Crippen LogP contribution in [0.25, 0.3) is 0 Å². The molecular formula is C22H33N3O5. The summed E-state index contributed by atoms with van der Waals surface area (Å²) in [7, 11) is 0. The third kappa shape index (κ3) is 4.92. The first-order valence-corrected chi connectivity index (χ1v) is 10.8. The minimum atomic E-state index is -0.626. The molecule has 0 atom stereocenters. The fraction of sp³-hybridized carbons (Fsp3) is 0.682. The van der Waals surface area contributed by atoms with Crippen LogP contribution in [0.4, 0.5) is 0 Å². The van der Waals surface area contributed by atoms with E-state index >= 15 is 0 Å². The second-order valence-electron chi connectivity index (χ2n) is 8.42. The van der Waals surface area contributed by atoms with Gasteiger partial charge in [0.15, 0.2) is 12.4 Å². The van der Waals surface area contributed by atoms with Gasteiger partial charge in [-0.1, -0.05) is 19.3 Å². The number of carbonyl (C=O) groups excluding carboxylic acids is 3. The molecule has 0 spiro atoms. The molecule has 166 valence electrons. The highest BCUT2D eigenvalue weighted by Crippen LogP contribution is 2.33. The zero-order valence-corrected chi connectivity index (χ0v) is 18.3. The van der Waals surface area contributed by atoms with Crippen LogP contribution in [-0.4, -0.2) is 72.5 Å².